The van der Waals surface area contributed by atoms with Crippen LogP contribution in [0.15, 0.2) is 12.3 Å². The highest BCUT2D eigenvalue weighted by molar-refractivity contribution is 5.57. The highest BCUT2D eigenvalue weighted by atomic mass is 19.1. The molecule has 4 heteroatoms. The van der Waals surface area contributed by atoms with E-state index in [4.69, 9.17) is 4.74 Å². The molecule has 1 aliphatic heterocycles. The third-order valence-corrected chi connectivity index (χ3v) is 3.86. The lowest BCUT2D eigenvalue weighted by Gasteiger charge is -2.35. The Morgan fingerprint density at radius 1 is 1.39 bits per heavy atom. The zero-order chi connectivity index (χ0) is 13.1. The van der Waals surface area contributed by atoms with Gasteiger partial charge in [-0.05, 0) is 24.7 Å². The summed E-state index contributed by atoms with van der Waals surface area (Å²) in [6.07, 6.45) is 3.66. The van der Waals surface area contributed by atoms with Crippen molar-refractivity contribution in [1.29, 1.82) is 0 Å². The van der Waals surface area contributed by atoms with E-state index in [1.54, 1.807) is 13.2 Å². The maximum atomic E-state index is 13.8. The van der Waals surface area contributed by atoms with Crippen LogP contribution in [0.2, 0.25) is 0 Å². The Hall–Kier alpha value is -1.32. The molecule has 1 aliphatic rings. The van der Waals surface area contributed by atoms with Crippen molar-refractivity contribution >= 4 is 5.69 Å². The molecule has 1 fully saturated rings. The minimum Gasteiger partial charge on any atom is -0.494 e. The summed E-state index contributed by atoms with van der Waals surface area (Å²) >= 11 is 0. The van der Waals surface area contributed by atoms with Crippen molar-refractivity contribution in [1.82, 2.24) is 4.98 Å². The van der Waals surface area contributed by atoms with Gasteiger partial charge in [0.1, 0.15) is 11.4 Å². The SMILES string of the molecule is COc1ccnc(F)c1N1CCC(C(C)C)CC1. The molecular weight excluding hydrogens is 231 g/mol. The van der Waals surface area contributed by atoms with E-state index < -0.39 is 5.95 Å². The monoisotopic (exact) mass is 252 g/mol. The van der Waals surface area contributed by atoms with E-state index in [-0.39, 0.29) is 0 Å². The highest BCUT2D eigenvalue weighted by Crippen LogP contribution is 2.34. The number of methoxy groups -OCH3 is 1. The van der Waals surface area contributed by atoms with Crippen LogP contribution < -0.4 is 9.64 Å². The van der Waals surface area contributed by atoms with Gasteiger partial charge in [-0.1, -0.05) is 13.8 Å². The number of anilines is 1. The van der Waals surface area contributed by atoms with Crippen LogP contribution >= 0.6 is 0 Å². The van der Waals surface area contributed by atoms with Crippen LogP contribution in [0, 0.1) is 17.8 Å². The number of ether oxygens (including phenoxy) is 1. The first-order valence-corrected chi connectivity index (χ1v) is 6.57. The number of hydrogen-bond donors (Lipinski definition) is 0. The third kappa shape index (κ3) is 2.57. The maximum absolute atomic E-state index is 13.8. The van der Waals surface area contributed by atoms with E-state index in [1.807, 2.05) is 0 Å². The number of hydrogen-bond acceptors (Lipinski definition) is 3. The van der Waals surface area contributed by atoms with E-state index in [9.17, 15) is 4.39 Å². The normalized spacial score (nSPS) is 17.3. The van der Waals surface area contributed by atoms with Crippen LogP contribution in [0.4, 0.5) is 10.1 Å². The van der Waals surface area contributed by atoms with Crippen molar-refractivity contribution in [2.24, 2.45) is 11.8 Å². The smallest absolute Gasteiger partial charge is 0.240 e. The minimum atomic E-state index is -0.433. The lowest BCUT2D eigenvalue weighted by atomic mass is 9.86. The Morgan fingerprint density at radius 3 is 2.61 bits per heavy atom. The molecule has 2 heterocycles. The minimum absolute atomic E-state index is 0.433. The van der Waals surface area contributed by atoms with Gasteiger partial charge in [0.15, 0.2) is 0 Å². The molecule has 1 aromatic heterocycles. The number of halogens is 1. The molecule has 0 radical (unpaired) electrons. The Balaban J connectivity index is 2.14. The summed E-state index contributed by atoms with van der Waals surface area (Å²) in [6, 6.07) is 1.72. The zero-order valence-corrected chi connectivity index (χ0v) is 11.3. The van der Waals surface area contributed by atoms with E-state index in [1.165, 1.54) is 6.20 Å². The number of nitrogens with zero attached hydrogens (tertiary/aromatic N) is 2. The van der Waals surface area contributed by atoms with Crippen LogP contribution in [0.1, 0.15) is 26.7 Å². The summed E-state index contributed by atoms with van der Waals surface area (Å²) < 4.78 is 19.1. The van der Waals surface area contributed by atoms with Gasteiger partial charge in [0.05, 0.1) is 7.11 Å². The molecule has 0 aromatic carbocycles. The van der Waals surface area contributed by atoms with Gasteiger partial charge in [-0.3, -0.25) is 0 Å². The highest BCUT2D eigenvalue weighted by Gasteiger charge is 2.25. The fourth-order valence-electron chi connectivity index (χ4n) is 2.65. The second kappa shape index (κ2) is 5.55. The summed E-state index contributed by atoms with van der Waals surface area (Å²) in [4.78, 5) is 5.78. The Bertz CT molecular complexity index is 401. The number of aromatic nitrogens is 1. The molecule has 0 aliphatic carbocycles. The van der Waals surface area contributed by atoms with Crippen LogP contribution in [-0.2, 0) is 0 Å². The molecule has 1 saturated heterocycles. The van der Waals surface area contributed by atoms with Gasteiger partial charge in [0, 0.05) is 25.4 Å². The molecule has 100 valence electrons. The Morgan fingerprint density at radius 2 is 2.06 bits per heavy atom. The fourth-order valence-corrected chi connectivity index (χ4v) is 2.65. The predicted octanol–water partition coefficient (Wildman–Crippen LogP) is 3.10. The molecule has 0 atom stereocenters. The van der Waals surface area contributed by atoms with E-state index in [0.29, 0.717) is 17.4 Å². The average Bonchev–Trinajstić information content (AvgIpc) is 2.38. The van der Waals surface area contributed by atoms with E-state index >= 15 is 0 Å². The van der Waals surface area contributed by atoms with Gasteiger partial charge in [-0.15, -0.1) is 0 Å². The second-order valence-electron chi connectivity index (χ2n) is 5.22. The quantitative estimate of drug-likeness (QED) is 0.773. The molecule has 1 aromatic rings. The topological polar surface area (TPSA) is 25.4 Å². The largest absolute Gasteiger partial charge is 0.494 e. The van der Waals surface area contributed by atoms with Crippen molar-refractivity contribution in [3.63, 3.8) is 0 Å². The van der Waals surface area contributed by atoms with Crippen molar-refractivity contribution < 1.29 is 9.13 Å². The van der Waals surface area contributed by atoms with Crippen LogP contribution in [0.25, 0.3) is 0 Å². The zero-order valence-electron chi connectivity index (χ0n) is 11.3. The second-order valence-corrected chi connectivity index (χ2v) is 5.22. The molecule has 0 bridgehead atoms. The first-order valence-electron chi connectivity index (χ1n) is 6.57. The first-order chi connectivity index (χ1) is 8.63. The van der Waals surface area contributed by atoms with Crippen molar-refractivity contribution in [2.45, 2.75) is 26.7 Å². The number of pyridine rings is 1. The lowest BCUT2D eigenvalue weighted by molar-refractivity contribution is 0.308. The lowest BCUT2D eigenvalue weighted by Crippen LogP contribution is -2.36. The first kappa shape index (κ1) is 13.1. The molecular formula is C14H21FN2O. The number of rotatable bonds is 3. The van der Waals surface area contributed by atoms with Gasteiger partial charge in [-0.25, -0.2) is 4.98 Å². The van der Waals surface area contributed by atoms with Crippen LogP contribution in [-0.4, -0.2) is 25.2 Å². The Kier molecular flexibility index (Phi) is 4.04. The van der Waals surface area contributed by atoms with Crippen LogP contribution in [0.5, 0.6) is 5.75 Å². The van der Waals surface area contributed by atoms with Crippen molar-refractivity contribution in [3.8, 4) is 5.75 Å². The third-order valence-electron chi connectivity index (χ3n) is 3.86. The van der Waals surface area contributed by atoms with Gasteiger partial charge < -0.3 is 9.64 Å². The maximum Gasteiger partial charge on any atom is 0.240 e. The van der Waals surface area contributed by atoms with Crippen molar-refractivity contribution in [3.05, 3.63) is 18.2 Å². The fraction of sp³-hybridized carbons (Fsp3) is 0.643. The van der Waals surface area contributed by atoms with Gasteiger partial charge in [-0.2, -0.15) is 4.39 Å². The Labute approximate surface area is 108 Å². The average molecular weight is 252 g/mol. The molecule has 0 unspecified atom stereocenters. The predicted molar refractivity (Wildman–Crippen MR) is 70.5 cm³/mol. The summed E-state index contributed by atoms with van der Waals surface area (Å²) in [5.74, 6) is 1.59. The number of piperidine rings is 1. The summed E-state index contributed by atoms with van der Waals surface area (Å²) in [6.45, 7) is 6.26. The van der Waals surface area contributed by atoms with Gasteiger partial charge in [0.25, 0.3) is 0 Å². The molecule has 0 N–H and O–H groups in total. The summed E-state index contributed by atoms with van der Waals surface area (Å²) in [7, 11) is 1.57. The summed E-state index contributed by atoms with van der Waals surface area (Å²) in [5, 5.41) is 0. The van der Waals surface area contributed by atoms with Gasteiger partial charge >= 0.3 is 0 Å². The summed E-state index contributed by atoms with van der Waals surface area (Å²) in [5.41, 5.74) is 0.516. The van der Waals surface area contributed by atoms with Crippen LogP contribution in [0.3, 0.4) is 0 Å². The molecule has 3 nitrogen and oxygen atoms in total. The van der Waals surface area contributed by atoms with Gasteiger partial charge in [0.2, 0.25) is 5.95 Å². The molecule has 2 rings (SSSR count). The standard InChI is InChI=1S/C14H21FN2O/c1-10(2)11-5-8-17(9-6-11)13-12(18-3)4-7-16-14(13)15/h4,7,10-11H,5-6,8-9H2,1-3H3. The van der Waals surface area contributed by atoms with E-state index in [0.717, 1.165) is 31.8 Å². The van der Waals surface area contributed by atoms with E-state index in [2.05, 4.69) is 23.7 Å². The molecule has 18 heavy (non-hydrogen) atoms. The van der Waals surface area contributed by atoms with Crippen molar-refractivity contribution in [2.75, 3.05) is 25.1 Å². The molecule has 0 saturated carbocycles. The molecule has 0 amide bonds. The molecule has 0 spiro atoms.